The zero-order chi connectivity index (χ0) is 18.8. The average molecular weight is 357 g/mol. The summed E-state index contributed by atoms with van der Waals surface area (Å²) in [6, 6.07) is 19.1. The Labute approximate surface area is 157 Å². The SMILES string of the molecule is Cc1cccc(-c2nc(-c3ccc(C(O)O)cc3)[nH]c2-c2ccncc2)c1. The Morgan fingerprint density at radius 2 is 1.59 bits per heavy atom. The van der Waals surface area contributed by atoms with Gasteiger partial charge < -0.3 is 15.2 Å². The minimum Gasteiger partial charge on any atom is -0.364 e. The van der Waals surface area contributed by atoms with Gasteiger partial charge in [0.2, 0.25) is 0 Å². The first-order valence-corrected chi connectivity index (χ1v) is 8.66. The summed E-state index contributed by atoms with van der Waals surface area (Å²) < 4.78 is 0. The number of pyridine rings is 1. The first kappa shape index (κ1) is 17.1. The van der Waals surface area contributed by atoms with E-state index >= 15 is 0 Å². The monoisotopic (exact) mass is 357 g/mol. The maximum atomic E-state index is 9.28. The van der Waals surface area contributed by atoms with Crippen molar-refractivity contribution in [1.82, 2.24) is 15.0 Å². The second-order valence-electron chi connectivity index (χ2n) is 6.41. The molecule has 0 aliphatic heterocycles. The van der Waals surface area contributed by atoms with E-state index in [1.54, 1.807) is 24.5 Å². The van der Waals surface area contributed by atoms with Crippen LogP contribution in [0.1, 0.15) is 17.4 Å². The molecule has 2 aromatic carbocycles. The predicted molar refractivity (Wildman–Crippen MR) is 105 cm³/mol. The van der Waals surface area contributed by atoms with Gasteiger partial charge in [0.05, 0.1) is 11.4 Å². The normalized spacial score (nSPS) is 11.1. The van der Waals surface area contributed by atoms with Crippen LogP contribution in [-0.4, -0.2) is 25.2 Å². The number of rotatable bonds is 4. The Balaban J connectivity index is 1.85. The minimum atomic E-state index is -1.48. The lowest BCUT2D eigenvalue weighted by Crippen LogP contribution is -1.94. The topological polar surface area (TPSA) is 82.0 Å². The summed E-state index contributed by atoms with van der Waals surface area (Å²) in [7, 11) is 0. The molecule has 0 spiro atoms. The molecule has 5 heteroatoms. The summed E-state index contributed by atoms with van der Waals surface area (Å²) in [4.78, 5) is 12.4. The molecule has 0 fully saturated rings. The number of nitrogens with one attached hydrogen (secondary N) is 1. The molecule has 0 saturated heterocycles. The number of aliphatic hydroxyl groups excluding tert-OH is 1. The van der Waals surface area contributed by atoms with Crippen LogP contribution in [0.5, 0.6) is 0 Å². The second-order valence-corrected chi connectivity index (χ2v) is 6.41. The molecule has 0 aliphatic rings. The van der Waals surface area contributed by atoms with Gasteiger partial charge in [-0.05, 0) is 25.1 Å². The first-order chi connectivity index (χ1) is 13.1. The maximum Gasteiger partial charge on any atom is 0.178 e. The first-order valence-electron chi connectivity index (χ1n) is 8.66. The van der Waals surface area contributed by atoms with Gasteiger partial charge in [-0.2, -0.15) is 0 Å². The molecule has 0 radical (unpaired) electrons. The van der Waals surface area contributed by atoms with Crippen molar-refractivity contribution >= 4 is 0 Å². The zero-order valence-electron chi connectivity index (χ0n) is 14.8. The molecule has 0 atom stereocenters. The minimum absolute atomic E-state index is 0.443. The zero-order valence-corrected chi connectivity index (χ0v) is 14.8. The number of aromatic amines is 1. The van der Waals surface area contributed by atoms with E-state index in [-0.39, 0.29) is 0 Å². The van der Waals surface area contributed by atoms with Crippen molar-refractivity contribution in [3.05, 3.63) is 84.2 Å². The third-order valence-corrected chi connectivity index (χ3v) is 4.45. The fraction of sp³-hybridized carbons (Fsp3) is 0.0909. The van der Waals surface area contributed by atoms with Crippen LogP contribution < -0.4 is 0 Å². The van der Waals surface area contributed by atoms with E-state index in [9.17, 15) is 10.2 Å². The molecule has 27 heavy (non-hydrogen) atoms. The van der Waals surface area contributed by atoms with Crippen molar-refractivity contribution in [2.75, 3.05) is 0 Å². The molecule has 0 bridgehead atoms. The maximum absolute atomic E-state index is 9.28. The molecule has 4 rings (SSSR count). The van der Waals surface area contributed by atoms with Gasteiger partial charge in [-0.3, -0.25) is 4.98 Å². The highest BCUT2D eigenvalue weighted by molar-refractivity contribution is 5.81. The summed E-state index contributed by atoms with van der Waals surface area (Å²) >= 11 is 0. The Hall–Kier alpha value is -3.28. The van der Waals surface area contributed by atoms with Gasteiger partial charge in [0.25, 0.3) is 0 Å². The Morgan fingerprint density at radius 1 is 0.852 bits per heavy atom. The van der Waals surface area contributed by atoms with Crippen LogP contribution in [0.3, 0.4) is 0 Å². The van der Waals surface area contributed by atoms with Crippen molar-refractivity contribution in [3.63, 3.8) is 0 Å². The quantitative estimate of drug-likeness (QED) is 0.480. The third kappa shape index (κ3) is 3.51. The molecular formula is C22H19N3O2. The van der Waals surface area contributed by atoms with Gasteiger partial charge in [-0.25, -0.2) is 4.98 Å². The smallest absolute Gasteiger partial charge is 0.178 e. The van der Waals surface area contributed by atoms with Gasteiger partial charge in [0.1, 0.15) is 5.82 Å². The number of aryl methyl sites for hydroxylation is 1. The van der Waals surface area contributed by atoms with Gasteiger partial charge in [-0.15, -0.1) is 0 Å². The van der Waals surface area contributed by atoms with Crippen molar-refractivity contribution in [2.24, 2.45) is 0 Å². The highest BCUT2D eigenvalue weighted by atomic mass is 16.5. The number of aliphatic hydroxyl groups is 2. The highest BCUT2D eigenvalue weighted by Gasteiger charge is 2.15. The van der Waals surface area contributed by atoms with Crippen LogP contribution in [0.4, 0.5) is 0 Å². The Kier molecular flexibility index (Phi) is 4.54. The summed E-state index contributed by atoms with van der Waals surface area (Å²) in [5, 5.41) is 18.6. The Bertz CT molecular complexity index is 1050. The molecule has 3 N–H and O–H groups in total. The summed E-state index contributed by atoms with van der Waals surface area (Å²) in [6.45, 7) is 2.06. The number of benzene rings is 2. The van der Waals surface area contributed by atoms with Crippen LogP contribution in [-0.2, 0) is 0 Å². The van der Waals surface area contributed by atoms with Gasteiger partial charge >= 0.3 is 0 Å². The highest BCUT2D eigenvalue weighted by Crippen LogP contribution is 2.33. The average Bonchev–Trinajstić information content (AvgIpc) is 3.14. The van der Waals surface area contributed by atoms with Crippen LogP contribution >= 0.6 is 0 Å². The molecule has 0 unspecified atom stereocenters. The van der Waals surface area contributed by atoms with Crippen LogP contribution in [0.25, 0.3) is 33.9 Å². The van der Waals surface area contributed by atoms with E-state index < -0.39 is 6.29 Å². The van der Waals surface area contributed by atoms with Crippen molar-refractivity contribution in [2.45, 2.75) is 13.2 Å². The third-order valence-electron chi connectivity index (χ3n) is 4.45. The number of hydrogen-bond acceptors (Lipinski definition) is 4. The largest absolute Gasteiger partial charge is 0.364 e. The molecule has 2 heterocycles. The van der Waals surface area contributed by atoms with E-state index in [4.69, 9.17) is 4.98 Å². The van der Waals surface area contributed by atoms with Crippen molar-refractivity contribution in [1.29, 1.82) is 0 Å². The fourth-order valence-electron chi connectivity index (χ4n) is 3.05. The van der Waals surface area contributed by atoms with E-state index in [2.05, 4.69) is 29.0 Å². The van der Waals surface area contributed by atoms with E-state index in [0.717, 1.165) is 33.9 Å². The lowest BCUT2D eigenvalue weighted by atomic mass is 10.0. The number of aromatic nitrogens is 3. The molecule has 0 saturated carbocycles. The molecule has 0 aliphatic carbocycles. The molecular weight excluding hydrogens is 338 g/mol. The van der Waals surface area contributed by atoms with Crippen molar-refractivity contribution in [3.8, 4) is 33.9 Å². The standard InChI is InChI=1S/C22H19N3O2/c1-14-3-2-4-18(13-14)20-19(15-9-11-23-12-10-15)24-21(25-20)16-5-7-17(8-6-16)22(26)27/h2-13,22,26-27H,1H3,(H,24,25). The molecule has 0 amide bonds. The second kappa shape index (κ2) is 7.15. The molecule has 5 nitrogen and oxygen atoms in total. The fourth-order valence-corrected chi connectivity index (χ4v) is 3.05. The number of H-pyrrole nitrogens is 1. The van der Waals surface area contributed by atoms with E-state index in [1.165, 1.54) is 5.56 Å². The molecule has 134 valence electrons. The lowest BCUT2D eigenvalue weighted by molar-refractivity contribution is -0.0424. The Morgan fingerprint density at radius 3 is 2.26 bits per heavy atom. The summed E-state index contributed by atoms with van der Waals surface area (Å²) in [5.74, 6) is 0.720. The predicted octanol–water partition coefficient (Wildman–Crippen LogP) is 4.10. The number of nitrogens with zero attached hydrogens (tertiary/aromatic N) is 2. The van der Waals surface area contributed by atoms with E-state index in [0.29, 0.717) is 5.56 Å². The number of imidazole rings is 1. The van der Waals surface area contributed by atoms with Crippen LogP contribution in [0.15, 0.2) is 73.1 Å². The van der Waals surface area contributed by atoms with Gasteiger partial charge in [-0.1, -0.05) is 48.0 Å². The summed E-state index contributed by atoms with van der Waals surface area (Å²) in [6.07, 6.45) is 2.03. The van der Waals surface area contributed by atoms with Crippen molar-refractivity contribution < 1.29 is 10.2 Å². The van der Waals surface area contributed by atoms with Gasteiger partial charge in [0, 0.05) is 34.6 Å². The molecule has 2 aromatic heterocycles. The summed E-state index contributed by atoms with van der Waals surface area (Å²) in [5.41, 5.74) is 6.30. The molecule has 4 aromatic rings. The number of hydrogen-bond donors (Lipinski definition) is 3. The van der Waals surface area contributed by atoms with Crippen LogP contribution in [0.2, 0.25) is 0 Å². The van der Waals surface area contributed by atoms with E-state index in [1.807, 2.05) is 36.4 Å². The lowest BCUT2D eigenvalue weighted by Gasteiger charge is -2.04. The van der Waals surface area contributed by atoms with Gasteiger partial charge in [0.15, 0.2) is 6.29 Å². The van der Waals surface area contributed by atoms with Crippen LogP contribution in [0, 0.1) is 6.92 Å².